The molecule has 0 aliphatic heterocycles. The first kappa shape index (κ1) is 12.9. The Morgan fingerprint density at radius 2 is 1.94 bits per heavy atom. The van der Waals surface area contributed by atoms with E-state index in [1.165, 1.54) is 12.8 Å². The lowest BCUT2D eigenvalue weighted by Gasteiger charge is -2.25. The van der Waals surface area contributed by atoms with Crippen molar-refractivity contribution in [1.82, 2.24) is 0 Å². The van der Waals surface area contributed by atoms with Gasteiger partial charge in [0.1, 0.15) is 0 Å². The van der Waals surface area contributed by atoms with Gasteiger partial charge >= 0.3 is 0 Å². The Kier molecular flexibility index (Phi) is 3.90. The van der Waals surface area contributed by atoms with Gasteiger partial charge in [0.2, 0.25) is 5.91 Å². The van der Waals surface area contributed by atoms with Crippen molar-refractivity contribution in [3.8, 4) is 0 Å². The van der Waals surface area contributed by atoms with Crippen LogP contribution < -0.4 is 11.1 Å². The zero-order chi connectivity index (χ0) is 13.1. The molecule has 0 saturated heterocycles. The van der Waals surface area contributed by atoms with Crippen LogP contribution in [0.1, 0.15) is 38.2 Å². The van der Waals surface area contributed by atoms with Gasteiger partial charge in [-0.3, -0.25) is 4.79 Å². The summed E-state index contributed by atoms with van der Waals surface area (Å²) in [5, 5.41) is 3.03. The van der Waals surface area contributed by atoms with Crippen LogP contribution in [0, 0.1) is 18.8 Å². The molecule has 1 fully saturated rings. The van der Waals surface area contributed by atoms with Crippen molar-refractivity contribution < 1.29 is 4.79 Å². The number of aryl methyl sites for hydroxylation is 1. The van der Waals surface area contributed by atoms with Gasteiger partial charge in [-0.15, -0.1) is 0 Å². The molecule has 1 amide bonds. The number of nitrogens with one attached hydrogen (secondary N) is 1. The molecule has 0 spiro atoms. The fourth-order valence-corrected chi connectivity index (χ4v) is 2.58. The minimum atomic E-state index is 0.162. The summed E-state index contributed by atoms with van der Waals surface area (Å²) in [5.74, 6) is 1.11. The Bertz CT molecular complexity index is 434. The van der Waals surface area contributed by atoms with E-state index in [4.69, 9.17) is 5.73 Å². The Hall–Kier alpha value is -1.51. The summed E-state index contributed by atoms with van der Waals surface area (Å²) in [6.45, 7) is 4.23. The number of benzene rings is 1. The fraction of sp³-hybridized carbons (Fsp3) is 0.533. The lowest BCUT2D eigenvalue weighted by Crippen LogP contribution is -2.26. The number of rotatable bonds is 2. The lowest BCUT2D eigenvalue weighted by molar-refractivity contribution is -0.121. The normalized spacial score (nSPS) is 23.7. The van der Waals surface area contributed by atoms with Crippen molar-refractivity contribution in [3.63, 3.8) is 0 Å². The van der Waals surface area contributed by atoms with E-state index in [1.807, 2.05) is 25.1 Å². The van der Waals surface area contributed by atoms with Crippen molar-refractivity contribution in [2.24, 2.45) is 11.8 Å². The Morgan fingerprint density at radius 1 is 1.28 bits per heavy atom. The first-order valence-corrected chi connectivity index (χ1v) is 6.73. The summed E-state index contributed by atoms with van der Waals surface area (Å²) < 4.78 is 0. The number of nitrogen functional groups attached to an aromatic ring is 1. The average Bonchev–Trinajstić information content (AvgIpc) is 2.33. The van der Waals surface area contributed by atoms with Crippen LogP contribution in [0.3, 0.4) is 0 Å². The van der Waals surface area contributed by atoms with E-state index < -0.39 is 0 Å². The highest BCUT2D eigenvalue weighted by atomic mass is 16.1. The van der Waals surface area contributed by atoms with Crippen LogP contribution in [-0.4, -0.2) is 5.91 Å². The largest absolute Gasteiger partial charge is 0.399 e. The van der Waals surface area contributed by atoms with Crippen LogP contribution in [0.15, 0.2) is 18.2 Å². The minimum Gasteiger partial charge on any atom is -0.399 e. The molecule has 0 bridgehead atoms. The zero-order valence-electron chi connectivity index (χ0n) is 11.2. The van der Waals surface area contributed by atoms with Crippen LogP contribution >= 0.6 is 0 Å². The second-order valence-corrected chi connectivity index (χ2v) is 5.52. The second kappa shape index (κ2) is 5.42. The van der Waals surface area contributed by atoms with E-state index in [0.29, 0.717) is 0 Å². The first-order chi connectivity index (χ1) is 8.56. The van der Waals surface area contributed by atoms with Crippen molar-refractivity contribution in [1.29, 1.82) is 0 Å². The minimum absolute atomic E-state index is 0.162. The van der Waals surface area contributed by atoms with Gasteiger partial charge in [0, 0.05) is 17.3 Å². The maximum atomic E-state index is 12.2. The number of carbonyl (C=O) groups is 1. The molecule has 0 radical (unpaired) electrons. The molecule has 18 heavy (non-hydrogen) atoms. The summed E-state index contributed by atoms with van der Waals surface area (Å²) in [7, 11) is 0. The summed E-state index contributed by atoms with van der Waals surface area (Å²) >= 11 is 0. The molecular weight excluding hydrogens is 224 g/mol. The highest BCUT2D eigenvalue weighted by Gasteiger charge is 2.24. The average molecular weight is 246 g/mol. The third kappa shape index (κ3) is 3.03. The summed E-state index contributed by atoms with van der Waals surface area (Å²) in [4.78, 5) is 12.2. The predicted octanol–water partition coefficient (Wildman–Crippen LogP) is 3.34. The van der Waals surface area contributed by atoms with Crippen LogP contribution in [-0.2, 0) is 4.79 Å². The van der Waals surface area contributed by atoms with Crippen LogP contribution in [0.4, 0.5) is 11.4 Å². The SMILES string of the molecule is Cc1cc(N)ccc1NC(=O)C1CCC(C)CC1. The van der Waals surface area contributed by atoms with Gasteiger partial charge in [-0.05, 0) is 62.3 Å². The number of amides is 1. The molecule has 0 atom stereocenters. The van der Waals surface area contributed by atoms with Crippen LogP contribution in [0.25, 0.3) is 0 Å². The van der Waals surface area contributed by atoms with E-state index in [0.717, 1.165) is 35.7 Å². The fourth-order valence-electron chi connectivity index (χ4n) is 2.58. The Balaban J connectivity index is 1.98. The van der Waals surface area contributed by atoms with Crippen molar-refractivity contribution in [3.05, 3.63) is 23.8 Å². The molecule has 3 N–H and O–H groups in total. The van der Waals surface area contributed by atoms with Crippen molar-refractivity contribution in [2.45, 2.75) is 39.5 Å². The molecule has 3 heteroatoms. The molecule has 1 aliphatic rings. The highest BCUT2D eigenvalue weighted by molar-refractivity contribution is 5.93. The van der Waals surface area contributed by atoms with E-state index in [1.54, 1.807) is 0 Å². The number of carbonyl (C=O) groups excluding carboxylic acids is 1. The molecule has 1 aromatic carbocycles. The van der Waals surface area contributed by atoms with Crippen molar-refractivity contribution in [2.75, 3.05) is 11.1 Å². The van der Waals surface area contributed by atoms with Gasteiger partial charge in [-0.2, -0.15) is 0 Å². The van der Waals surface area contributed by atoms with E-state index in [2.05, 4.69) is 12.2 Å². The van der Waals surface area contributed by atoms with E-state index >= 15 is 0 Å². The van der Waals surface area contributed by atoms with E-state index in [-0.39, 0.29) is 11.8 Å². The molecule has 0 heterocycles. The van der Waals surface area contributed by atoms with Gasteiger partial charge in [0.05, 0.1) is 0 Å². The first-order valence-electron chi connectivity index (χ1n) is 6.73. The van der Waals surface area contributed by atoms with Crippen LogP contribution in [0.5, 0.6) is 0 Å². The zero-order valence-corrected chi connectivity index (χ0v) is 11.2. The van der Waals surface area contributed by atoms with Gasteiger partial charge in [0.15, 0.2) is 0 Å². The summed E-state index contributed by atoms with van der Waals surface area (Å²) in [6.07, 6.45) is 4.36. The van der Waals surface area contributed by atoms with Crippen LogP contribution in [0.2, 0.25) is 0 Å². The highest BCUT2D eigenvalue weighted by Crippen LogP contribution is 2.29. The Labute approximate surface area is 109 Å². The second-order valence-electron chi connectivity index (χ2n) is 5.52. The molecule has 1 saturated carbocycles. The molecule has 98 valence electrons. The van der Waals surface area contributed by atoms with E-state index in [9.17, 15) is 4.79 Å². The topological polar surface area (TPSA) is 55.1 Å². The molecule has 0 unspecified atom stereocenters. The molecule has 0 aromatic heterocycles. The number of hydrogen-bond donors (Lipinski definition) is 2. The molecular formula is C15H22N2O. The smallest absolute Gasteiger partial charge is 0.227 e. The molecule has 3 nitrogen and oxygen atoms in total. The monoisotopic (exact) mass is 246 g/mol. The van der Waals surface area contributed by atoms with Gasteiger partial charge in [0.25, 0.3) is 0 Å². The number of nitrogens with two attached hydrogens (primary N) is 1. The standard InChI is InChI=1S/C15H22N2O/c1-10-3-5-12(6-4-10)15(18)17-14-8-7-13(16)9-11(14)2/h7-10,12H,3-6,16H2,1-2H3,(H,17,18). The third-order valence-corrected chi connectivity index (χ3v) is 3.89. The lowest BCUT2D eigenvalue weighted by atomic mass is 9.82. The predicted molar refractivity (Wildman–Crippen MR) is 75.3 cm³/mol. The maximum absolute atomic E-state index is 12.2. The number of anilines is 2. The molecule has 2 rings (SSSR count). The molecule has 1 aromatic rings. The molecule has 1 aliphatic carbocycles. The Morgan fingerprint density at radius 3 is 2.56 bits per heavy atom. The quantitative estimate of drug-likeness (QED) is 0.786. The number of hydrogen-bond acceptors (Lipinski definition) is 2. The van der Waals surface area contributed by atoms with Gasteiger partial charge in [-0.25, -0.2) is 0 Å². The summed E-state index contributed by atoms with van der Waals surface area (Å²) in [5.41, 5.74) is 8.34. The van der Waals surface area contributed by atoms with Crippen molar-refractivity contribution >= 4 is 17.3 Å². The summed E-state index contributed by atoms with van der Waals surface area (Å²) in [6, 6.07) is 5.60. The third-order valence-electron chi connectivity index (χ3n) is 3.89. The van der Waals surface area contributed by atoms with Gasteiger partial charge in [-0.1, -0.05) is 6.92 Å². The maximum Gasteiger partial charge on any atom is 0.227 e. The van der Waals surface area contributed by atoms with Gasteiger partial charge < -0.3 is 11.1 Å².